The third kappa shape index (κ3) is 4.38. The highest BCUT2D eigenvalue weighted by Gasteiger charge is 2.29. The zero-order valence-corrected chi connectivity index (χ0v) is 11.8. The Morgan fingerprint density at radius 2 is 1.79 bits per heavy atom. The smallest absolute Gasteiger partial charge is 0.328 e. The first-order valence-electron chi connectivity index (χ1n) is 6.77. The molecule has 0 bridgehead atoms. The van der Waals surface area contributed by atoms with Crippen LogP contribution in [0.4, 0.5) is 4.79 Å². The highest BCUT2D eigenvalue weighted by molar-refractivity contribution is 5.83. The van der Waals surface area contributed by atoms with Crippen LogP contribution in [0.25, 0.3) is 0 Å². The Morgan fingerprint density at radius 1 is 1.26 bits per heavy atom. The Morgan fingerprint density at radius 3 is 2.21 bits per heavy atom. The molecule has 0 radical (unpaired) electrons. The van der Waals surface area contributed by atoms with Crippen molar-refractivity contribution >= 4 is 12.0 Å². The number of nitrogens with one attached hydrogen (secondary N) is 1. The van der Waals surface area contributed by atoms with Crippen molar-refractivity contribution in [2.45, 2.75) is 57.7 Å². The van der Waals surface area contributed by atoms with Crippen LogP contribution in [0.2, 0.25) is 0 Å². The fraction of sp³-hybridized carbons (Fsp3) is 0.846. The van der Waals surface area contributed by atoms with Crippen LogP contribution in [0.3, 0.4) is 0 Å². The molecule has 0 aromatic heterocycles. The van der Waals surface area contributed by atoms with Gasteiger partial charge in [-0.25, -0.2) is 9.59 Å². The van der Waals surface area contributed by atoms with Crippen molar-refractivity contribution in [3.05, 3.63) is 0 Å². The third-order valence-electron chi connectivity index (χ3n) is 3.88. The Balaban J connectivity index is 2.54. The first kappa shape index (κ1) is 15.8. The summed E-state index contributed by atoms with van der Waals surface area (Å²) in [5.74, 6) is -0.536. The number of carboxylic acid groups (broad SMARTS) is 1. The number of carboxylic acids is 1. The molecule has 110 valence electrons. The largest absolute Gasteiger partial charge is 0.480 e. The number of hydrogen-bond donors (Lipinski definition) is 3. The molecule has 19 heavy (non-hydrogen) atoms. The van der Waals surface area contributed by atoms with Gasteiger partial charge in [0.1, 0.15) is 0 Å². The van der Waals surface area contributed by atoms with E-state index in [-0.39, 0.29) is 6.04 Å². The van der Waals surface area contributed by atoms with Crippen LogP contribution in [0.15, 0.2) is 0 Å². The van der Waals surface area contributed by atoms with E-state index in [0.29, 0.717) is 5.92 Å². The van der Waals surface area contributed by atoms with Crippen LogP contribution in [0, 0.1) is 5.92 Å². The number of amides is 2. The number of aliphatic carboxylic acids is 1. The van der Waals surface area contributed by atoms with Crippen molar-refractivity contribution in [2.75, 3.05) is 7.05 Å². The van der Waals surface area contributed by atoms with Crippen LogP contribution in [0.5, 0.6) is 0 Å². The minimum Gasteiger partial charge on any atom is -0.480 e. The normalized spacial score (nSPS) is 26.3. The monoisotopic (exact) mass is 272 g/mol. The van der Waals surface area contributed by atoms with Crippen LogP contribution in [-0.2, 0) is 4.79 Å². The van der Waals surface area contributed by atoms with Gasteiger partial charge in [-0.3, -0.25) is 0 Å². The average Bonchev–Trinajstić information content (AvgIpc) is 2.34. The number of aliphatic hydroxyl groups excluding tert-OH is 1. The first-order chi connectivity index (χ1) is 8.82. The molecule has 2 amide bonds. The summed E-state index contributed by atoms with van der Waals surface area (Å²) in [6.07, 6.45) is 2.93. The molecule has 0 saturated heterocycles. The number of carbonyl (C=O) groups is 2. The van der Waals surface area contributed by atoms with E-state index < -0.39 is 24.1 Å². The fourth-order valence-corrected chi connectivity index (χ4v) is 2.42. The number of urea groups is 1. The van der Waals surface area contributed by atoms with Gasteiger partial charge in [0.2, 0.25) is 0 Å². The number of hydrogen-bond acceptors (Lipinski definition) is 3. The summed E-state index contributed by atoms with van der Waals surface area (Å²) >= 11 is 0. The second-order valence-corrected chi connectivity index (χ2v) is 5.53. The second kappa shape index (κ2) is 6.75. The lowest BCUT2D eigenvalue weighted by atomic mass is 9.87. The van der Waals surface area contributed by atoms with E-state index in [1.807, 2.05) is 0 Å². The van der Waals surface area contributed by atoms with E-state index in [9.17, 15) is 14.7 Å². The molecule has 6 nitrogen and oxygen atoms in total. The zero-order chi connectivity index (χ0) is 14.6. The Bertz CT molecular complexity index is 325. The van der Waals surface area contributed by atoms with Gasteiger partial charge < -0.3 is 20.4 Å². The van der Waals surface area contributed by atoms with E-state index in [1.54, 1.807) is 11.9 Å². The second-order valence-electron chi connectivity index (χ2n) is 5.53. The van der Waals surface area contributed by atoms with Crippen molar-refractivity contribution < 1.29 is 19.8 Å². The predicted molar refractivity (Wildman–Crippen MR) is 70.8 cm³/mol. The van der Waals surface area contributed by atoms with E-state index in [1.165, 1.54) is 6.92 Å². The third-order valence-corrected chi connectivity index (χ3v) is 3.88. The molecule has 0 aromatic carbocycles. The van der Waals surface area contributed by atoms with Gasteiger partial charge >= 0.3 is 12.0 Å². The number of carbonyl (C=O) groups excluding carboxylic acids is 1. The molecule has 0 heterocycles. The molecule has 1 fully saturated rings. The maximum atomic E-state index is 12.0. The standard InChI is InChI=1S/C13H24N2O4/c1-8-4-6-10(7-5-8)15(3)13(19)14-11(9(2)16)12(17)18/h8-11,16H,4-7H2,1-3H3,(H,14,19)(H,17,18). The summed E-state index contributed by atoms with van der Waals surface area (Å²) in [5.41, 5.74) is 0. The molecule has 2 atom stereocenters. The van der Waals surface area contributed by atoms with Crippen molar-refractivity contribution in [3.8, 4) is 0 Å². The Kier molecular flexibility index (Phi) is 5.60. The fourth-order valence-electron chi connectivity index (χ4n) is 2.42. The number of nitrogens with zero attached hydrogens (tertiary/aromatic N) is 1. The van der Waals surface area contributed by atoms with Crippen molar-refractivity contribution in [3.63, 3.8) is 0 Å². The van der Waals surface area contributed by atoms with Crippen LogP contribution in [0.1, 0.15) is 39.5 Å². The molecule has 1 saturated carbocycles. The first-order valence-corrected chi connectivity index (χ1v) is 6.77. The minimum absolute atomic E-state index is 0.152. The van der Waals surface area contributed by atoms with Gasteiger partial charge in [0.05, 0.1) is 6.10 Å². The highest BCUT2D eigenvalue weighted by atomic mass is 16.4. The van der Waals surface area contributed by atoms with E-state index in [4.69, 9.17) is 5.11 Å². The molecule has 1 rings (SSSR count). The minimum atomic E-state index is -1.27. The van der Waals surface area contributed by atoms with E-state index >= 15 is 0 Å². The zero-order valence-electron chi connectivity index (χ0n) is 11.8. The van der Waals surface area contributed by atoms with Gasteiger partial charge in [0.25, 0.3) is 0 Å². The van der Waals surface area contributed by atoms with E-state index in [2.05, 4.69) is 12.2 Å². The van der Waals surface area contributed by atoms with Crippen molar-refractivity contribution in [1.29, 1.82) is 0 Å². The molecular weight excluding hydrogens is 248 g/mol. The Hall–Kier alpha value is -1.30. The van der Waals surface area contributed by atoms with Gasteiger partial charge in [-0.1, -0.05) is 6.92 Å². The van der Waals surface area contributed by atoms with Crippen LogP contribution >= 0.6 is 0 Å². The maximum absolute atomic E-state index is 12.0. The van der Waals surface area contributed by atoms with Crippen molar-refractivity contribution in [2.24, 2.45) is 5.92 Å². The SMILES string of the molecule is CC1CCC(N(C)C(=O)NC(C(=O)O)C(C)O)CC1. The predicted octanol–water partition coefficient (Wildman–Crippen LogP) is 1.04. The van der Waals surface area contributed by atoms with Gasteiger partial charge in [0, 0.05) is 13.1 Å². The molecule has 0 aromatic rings. The van der Waals surface area contributed by atoms with E-state index in [0.717, 1.165) is 25.7 Å². The summed E-state index contributed by atoms with van der Waals surface area (Å²) in [6, 6.07) is -1.55. The lowest BCUT2D eigenvalue weighted by Crippen LogP contribution is -2.53. The number of aliphatic hydroxyl groups is 1. The number of rotatable bonds is 4. The summed E-state index contributed by atoms with van der Waals surface area (Å²) < 4.78 is 0. The van der Waals surface area contributed by atoms with Gasteiger partial charge in [-0.15, -0.1) is 0 Å². The van der Waals surface area contributed by atoms with Gasteiger partial charge in [-0.05, 0) is 38.5 Å². The van der Waals surface area contributed by atoms with Crippen LogP contribution in [-0.4, -0.2) is 52.3 Å². The molecule has 1 aliphatic carbocycles. The average molecular weight is 272 g/mol. The summed E-state index contributed by atoms with van der Waals surface area (Å²) in [5, 5.41) is 20.6. The summed E-state index contributed by atoms with van der Waals surface area (Å²) in [4.78, 5) is 24.5. The molecule has 6 heteroatoms. The molecular formula is C13H24N2O4. The highest BCUT2D eigenvalue weighted by Crippen LogP contribution is 2.26. The summed E-state index contributed by atoms with van der Waals surface area (Å²) in [7, 11) is 1.68. The topological polar surface area (TPSA) is 89.9 Å². The molecule has 0 spiro atoms. The lowest BCUT2D eigenvalue weighted by molar-refractivity contribution is -0.141. The molecule has 1 aliphatic rings. The lowest BCUT2D eigenvalue weighted by Gasteiger charge is -2.34. The molecule has 0 aliphatic heterocycles. The quantitative estimate of drug-likeness (QED) is 0.713. The van der Waals surface area contributed by atoms with Gasteiger partial charge in [-0.2, -0.15) is 0 Å². The van der Waals surface area contributed by atoms with Gasteiger partial charge in [0.15, 0.2) is 6.04 Å². The Labute approximate surface area is 113 Å². The van der Waals surface area contributed by atoms with Crippen LogP contribution < -0.4 is 5.32 Å². The van der Waals surface area contributed by atoms with Crippen molar-refractivity contribution in [1.82, 2.24) is 10.2 Å². The molecule has 2 unspecified atom stereocenters. The maximum Gasteiger partial charge on any atom is 0.328 e. The molecule has 3 N–H and O–H groups in total. The summed E-state index contributed by atoms with van der Waals surface area (Å²) in [6.45, 7) is 3.55.